The third-order valence-electron chi connectivity index (χ3n) is 9.38. The van der Waals surface area contributed by atoms with Crippen LogP contribution in [-0.2, 0) is 25.7 Å². The normalized spacial score (nSPS) is 18.2. The van der Waals surface area contributed by atoms with Gasteiger partial charge < -0.3 is 29.2 Å². The van der Waals surface area contributed by atoms with Crippen LogP contribution in [0.5, 0.6) is 40.2 Å². The van der Waals surface area contributed by atoms with E-state index in [4.69, 9.17) is 18.9 Å². The van der Waals surface area contributed by atoms with E-state index in [1.165, 1.54) is 22.3 Å². The smallest absolute Gasteiger partial charge is 0.169 e. The maximum absolute atomic E-state index is 10.9. The van der Waals surface area contributed by atoms with Gasteiger partial charge in [-0.25, -0.2) is 0 Å². The van der Waals surface area contributed by atoms with Crippen LogP contribution in [0.3, 0.4) is 0 Å². The zero-order valence-electron chi connectivity index (χ0n) is 26.7. The third-order valence-corrected chi connectivity index (χ3v) is 9.38. The Morgan fingerprint density at radius 3 is 1.80 bits per heavy atom. The molecule has 2 atom stereocenters. The van der Waals surface area contributed by atoms with Crippen molar-refractivity contribution in [3.8, 4) is 40.2 Å². The summed E-state index contributed by atoms with van der Waals surface area (Å²) in [4.78, 5) is 4.68. The molecule has 6 rings (SSSR count). The number of nitrogens with zero attached hydrogens (tertiary/aromatic N) is 2. The quantitative estimate of drug-likeness (QED) is 0.224. The van der Waals surface area contributed by atoms with E-state index in [0.29, 0.717) is 29.4 Å². The molecule has 0 aromatic heterocycles. The Morgan fingerprint density at radius 1 is 0.600 bits per heavy atom. The maximum atomic E-state index is 10.9. The van der Waals surface area contributed by atoms with Crippen LogP contribution < -0.4 is 18.9 Å². The minimum absolute atomic E-state index is 0.0514. The summed E-state index contributed by atoms with van der Waals surface area (Å²) in [5.74, 6) is 3.11. The molecule has 1 unspecified atom stereocenters. The highest BCUT2D eigenvalue weighted by atomic mass is 16.5. The van der Waals surface area contributed by atoms with Crippen molar-refractivity contribution in [1.82, 2.24) is 9.80 Å². The summed E-state index contributed by atoms with van der Waals surface area (Å²) in [5, 5.41) is 21.4. The molecule has 2 aliphatic rings. The molecule has 0 spiro atoms. The van der Waals surface area contributed by atoms with Crippen molar-refractivity contribution >= 4 is 0 Å². The molecule has 4 aromatic carbocycles. The van der Waals surface area contributed by atoms with E-state index in [0.717, 1.165) is 49.2 Å². The number of methoxy groups -OCH3 is 3. The molecule has 45 heavy (non-hydrogen) atoms. The van der Waals surface area contributed by atoms with Gasteiger partial charge in [-0.3, -0.25) is 9.80 Å². The molecule has 236 valence electrons. The predicted molar refractivity (Wildman–Crippen MR) is 174 cm³/mol. The Labute approximate surface area is 265 Å². The Kier molecular flexibility index (Phi) is 8.79. The van der Waals surface area contributed by atoms with Crippen LogP contribution in [0.1, 0.15) is 45.5 Å². The molecule has 0 bridgehead atoms. The van der Waals surface area contributed by atoms with Gasteiger partial charge in [0.1, 0.15) is 5.75 Å². The summed E-state index contributed by atoms with van der Waals surface area (Å²) in [6, 6.07) is 21.9. The van der Waals surface area contributed by atoms with Crippen LogP contribution in [0.4, 0.5) is 0 Å². The standard InChI is InChI=1S/C37H42N2O6/c1-38-15-13-26-20-36(44-5)37(22-29(26)30(38)16-23-6-9-27(42-3)10-7-23)45-35-18-24(8-11-32(35)40)17-31-28-21-33(41)34(43-4)19-25(28)12-14-39(31)2/h6-11,18-22,30-31,40-41H,12-17H2,1-5H3/t30-,31?/m1/s1. The second-order valence-corrected chi connectivity index (χ2v) is 12.1. The van der Waals surface area contributed by atoms with Crippen LogP contribution in [-0.4, -0.2) is 68.5 Å². The number of aromatic hydroxyl groups is 2. The largest absolute Gasteiger partial charge is 0.504 e. The van der Waals surface area contributed by atoms with Gasteiger partial charge >= 0.3 is 0 Å². The first kappa shape index (κ1) is 30.6. The van der Waals surface area contributed by atoms with Crippen molar-refractivity contribution in [2.24, 2.45) is 0 Å². The van der Waals surface area contributed by atoms with Gasteiger partial charge in [-0.2, -0.15) is 0 Å². The van der Waals surface area contributed by atoms with Gasteiger partial charge in [0.15, 0.2) is 34.5 Å². The third kappa shape index (κ3) is 6.26. The van der Waals surface area contributed by atoms with Crippen molar-refractivity contribution in [2.45, 2.75) is 37.8 Å². The van der Waals surface area contributed by atoms with Crippen molar-refractivity contribution in [3.05, 3.63) is 100 Å². The van der Waals surface area contributed by atoms with Crippen LogP contribution in [0.25, 0.3) is 0 Å². The van der Waals surface area contributed by atoms with E-state index < -0.39 is 0 Å². The molecule has 0 radical (unpaired) electrons. The molecule has 2 heterocycles. The molecule has 0 saturated heterocycles. The van der Waals surface area contributed by atoms with Gasteiger partial charge in [0.25, 0.3) is 0 Å². The number of phenolic OH excluding ortho intramolecular Hbond substituents is 2. The molecule has 0 saturated carbocycles. The highest BCUT2D eigenvalue weighted by Gasteiger charge is 2.29. The molecule has 8 nitrogen and oxygen atoms in total. The molecule has 2 aliphatic heterocycles. The fourth-order valence-electron chi connectivity index (χ4n) is 6.71. The lowest BCUT2D eigenvalue weighted by Crippen LogP contribution is -2.33. The number of phenols is 2. The number of hydrogen-bond acceptors (Lipinski definition) is 8. The fraction of sp³-hybridized carbons (Fsp3) is 0.351. The first-order valence-electron chi connectivity index (χ1n) is 15.4. The molecule has 2 N–H and O–H groups in total. The number of rotatable bonds is 9. The van der Waals surface area contributed by atoms with Crippen molar-refractivity contribution < 1.29 is 29.2 Å². The van der Waals surface area contributed by atoms with E-state index in [1.54, 1.807) is 27.4 Å². The summed E-state index contributed by atoms with van der Waals surface area (Å²) in [6.45, 7) is 1.84. The number of fused-ring (bicyclic) bond motifs is 2. The van der Waals surface area contributed by atoms with E-state index in [-0.39, 0.29) is 23.6 Å². The molecule has 4 aromatic rings. The number of benzene rings is 4. The van der Waals surface area contributed by atoms with Crippen molar-refractivity contribution in [2.75, 3.05) is 48.5 Å². The summed E-state index contributed by atoms with van der Waals surface area (Å²) >= 11 is 0. The van der Waals surface area contributed by atoms with Crippen LogP contribution >= 0.6 is 0 Å². The second-order valence-electron chi connectivity index (χ2n) is 12.1. The van der Waals surface area contributed by atoms with Crippen LogP contribution in [0.2, 0.25) is 0 Å². The molecule has 0 fully saturated rings. The summed E-state index contributed by atoms with van der Waals surface area (Å²) in [6.07, 6.45) is 3.33. The molecular weight excluding hydrogens is 568 g/mol. The minimum Gasteiger partial charge on any atom is -0.504 e. The Bertz CT molecular complexity index is 1670. The molecule has 0 amide bonds. The highest BCUT2D eigenvalue weighted by Crippen LogP contribution is 2.44. The summed E-state index contributed by atoms with van der Waals surface area (Å²) in [5.41, 5.74) is 6.94. The van der Waals surface area contributed by atoms with E-state index in [9.17, 15) is 10.2 Å². The van der Waals surface area contributed by atoms with Gasteiger partial charge in [0, 0.05) is 25.2 Å². The lowest BCUT2D eigenvalue weighted by atomic mass is 9.88. The van der Waals surface area contributed by atoms with Crippen molar-refractivity contribution in [1.29, 1.82) is 0 Å². The molecule has 0 aliphatic carbocycles. The SMILES string of the molecule is COc1ccc(C[C@@H]2c3cc(Oc4cc(CC5c6cc(O)c(OC)cc6CCN5C)ccc4O)c(OC)cc3CCN2C)cc1. The average Bonchev–Trinajstić information content (AvgIpc) is 3.05. The molecular formula is C37H42N2O6. The van der Waals surface area contributed by atoms with Gasteiger partial charge in [-0.05, 0) is 122 Å². The monoisotopic (exact) mass is 610 g/mol. The Morgan fingerprint density at radius 2 is 1.18 bits per heavy atom. The minimum atomic E-state index is 0.0514. The Balaban J connectivity index is 1.29. The number of likely N-dealkylation sites (N-methyl/N-ethyl adjacent to an activating group) is 2. The topological polar surface area (TPSA) is 83.9 Å². The number of ether oxygens (including phenoxy) is 4. The average molecular weight is 611 g/mol. The van der Waals surface area contributed by atoms with Gasteiger partial charge in [0.2, 0.25) is 0 Å². The predicted octanol–water partition coefficient (Wildman–Crippen LogP) is 6.46. The first-order valence-corrected chi connectivity index (χ1v) is 15.4. The summed E-state index contributed by atoms with van der Waals surface area (Å²) in [7, 11) is 9.16. The highest BCUT2D eigenvalue weighted by molar-refractivity contribution is 5.54. The first-order chi connectivity index (χ1) is 21.8. The van der Waals surface area contributed by atoms with E-state index in [1.807, 2.05) is 36.4 Å². The van der Waals surface area contributed by atoms with Crippen molar-refractivity contribution in [3.63, 3.8) is 0 Å². The zero-order chi connectivity index (χ0) is 31.7. The second kappa shape index (κ2) is 12.9. The van der Waals surface area contributed by atoms with E-state index >= 15 is 0 Å². The lowest BCUT2D eigenvalue weighted by molar-refractivity contribution is 0.227. The van der Waals surface area contributed by atoms with Gasteiger partial charge in [-0.1, -0.05) is 18.2 Å². The van der Waals surface area contributed by atoms with Gasteiger partial charge in [-0.15, -0.1) is 0 Å². The van der Waals surface area contributed by atoms with Crippen LogP contribution in [0.15, 0.2) is 66.7 Å². The van der Waals surface area contributed by atoms with Gasteiger partial charge in [0.05, 0.1) is 21.3 Å². The fourth-order valence-corrected chi connectivity index (χ4v) is 6.71. The zero-order valence-corrected chi connectivity index (χ0v) is 26.7. The summed E-state index contributed by atoms with van der Waals surface area (Å²) < 4.78 is 23.0. The molecule has 8 heteroatoms. The Hall–Kier alpha value is -4.40. The number of hydrogen-bond donors (Lipinski definition) is 2. The maximum Gasteiger partial charge on any atom is 0.169 e. The van der Waals surface area contributed by atoms with E-state index in [2.05, 4.69) is 48.2 Å². The van der Waals surface area contributed by atoms with Crippen LogP contribution in [0, 0.1) is 0 Å². The lowest BCUT2D eigenvalue weighted by Gasteiger charge is -2.35.